The fourth-order valence-electron chi connectivity index (χ4n) is 1.11. The van der Waals surface area contributed by atoms with Gasteiger partial charge in [-0.15, -0.1) is 0 Å². The highest BCUT2D eigenvalue weighted by molar-refractivity contribution is 5.78. The first-order valence-corrected chi connectivity index (χ1v) is 4.31. The van der Waals surface area contributed by atoms with Gasteiger partial charge in [0.15, 0.2) is 0 Å². The highest BCUT2D eigenvalue weighted by Crippen LogP contribution is 2.13. The smallest absolute Gasteiger partial charge is 0.328 e. The second-order valence-corrected chi connectivity index (χ2v) is 3.63. The molecule has 16 heavy (non-hydrogen) atoms. The minimum atomic E-state index is -1.71. The molecule has 0 bridgehead atoms. The first kappa shape index (κ1) is 12.0. The average molecular weight is 229 g/mol. The van der Waals surface area contributed by atoms with Gasteiger partial charge < -0.3 is 15.9 Å². The van der Waals surface area contributed by atoms with Crippen LogP contribution in [0.5, 0.6) is 5.88 Å². The van der Waals surface area contributed by atoms with Crippen molar-refractivity contribution in [3.63, 3.8) is 0 Å². The summed E-state index contributed by atoms with van der Waals surface area (Å²) in [5.74, 6) is -2.00. The Kier molecular flexibility index (Phi) is 2.86. The Balaban J connectivity index is 3.22. The van der Waals surface area contributed by atoms with E-state index in [1.54, 1.807) is 0 Å². The molecule has 0 spiro atoms. The molecule has 8 heteroatoms. The molecule has 0 saturated carbocycles. The second kappa shape index (κ2) is 3.81. The Bertz CT molecular complexity index is 527. The van der Waals surface area contributed by atoms with E-state index < -0.39 is 35.1 Å². The first-order valence-electron chi connectivity index (χ1n) is 4.31. The van der Waals surface area contributed by atoms with Crippen LogP contribution in [0.3, 0.4) is 0 Å². The molecule has 0 saturated heterocycles. The Morgan fingerprint density at radius 1 is 1.44 bits per heavy atom. The molecule has 0 aliphatic rings. The molecule has 0 radical (unpaired) electrons. The summed E-state index contributed by atoms with van der Waals surface area (Å²) >= 11 is 0. The summed E-state index contributed by atoms with van der Waals surface area (Å²) in [5.41, 5.74) is 1.70. The predicted molar refractivity (Wildman–Crippen MR) is 53.3 cm³/mol. The van der Waals surface area contributed by atoms with Crippen molar-refractivity contribution in [3.8, 4) is 5.88 Å². The first-order chi connectivity index (χ1) is 7.24. The molecule has 0 amide bonds. The molecule has 1 rings (SSSR count). The molecule has 1 heterocycles. The molecule has 0 fully saturated rings. The molecule has 1 atom stereocenters. The number of aliphatic carboxylic acids is 1. The average Bonchev–Trinajstić information content (AvgIpc) is 2.11. The number of hydrogen-bond acceptors (Lipinski definition) is 5. The van der Waals surface area contributed by atoms with Gasteiger partial charge in [0.1, 0.15) is 5.54 Å². The fourth-order valence-corrected chi connectivity index (χ4v) is 1.11. The van der Waals surface area contributed by atoms with Crippen molar-refractivity contribution in [2.45, 2.75) is 18.9 Å². The van der Waals surface area contributed by atoms with Crippen LogP contribution in [0.15, 0.2) is 9.59 Å². The summed E-state index contributed by atoms with van der Waals surface area (Å²) in [6, 6.07) is 0. The van der Waals surface area contributed by atoms with Crippen LogP contribution in [0.2, 0.25) is 0 Å². The minimum Gasteiger partial charge on any atom is -0.494 e. The second-order valence-electron chi connectivity index (χ2n) is 3.63. The van der Waals surface area contributed by atoms with Gasteiger partial charge in [-0.05, 0) is 6.92 Å². The van der Waals surface area contributed by atoms with E-state index in [0.717, 1.165) is 0 Å². The SMILES string of the molecule is CC(N)(Cc1c(O)[nH]c(=O)[nH]c1=O)C(=O)O. The molecule has 8 nitrogen and oxygen atoms in total. The van der Waals surface area contributed by atoms with Crippen LogP contribution in [0.25, 0.3) is 0 Å². The molecule has 1 aromatic rings. The van der Waals surface area contributed by atoms with Crippen molar-refractivity contribution >= 4 is 5.97 Å². The zero-order valence-electron chi connectivity index (χ0n) is 8.40. The molecule has 6 N–H and O–H groups in total. The molecular weight excluding hydrogens is 218 g/mol. The van der Waals surface area contributed by atoms with Crippen molar-refractivity contribution < 1.29 is 15.0 Å². The number of aromatic nitrogens is 2. The molecule has 0 aliphatic carbocycles. The van der Waals surface area contributed by atoms with Crippen LogP contribution >= 0.6 is 0 Å². The van der Waals surface area contributed by atoms with Gasteiger partial charge in [-0.25, -0.2) is 4.79 Å². The van der Waals surface area contributed by atoms with Crippen LogP contribution < -0.4 is 17.0 Å². The number of rotatable bonds is 3. The third-order valence-electron chi connectivity index (χ3n) is 2.05. The van der Waals surface area contributed by atoms with Crippen LogP contribution in [0.4, 0.5) is 0 Å². The monoisotopic (exact) mass is 229 g/mol. The third-order valence-corrected chi connectivity index (χ3v) is 2.05. The summed E-state index contributed by atoms with van der Waals surface area (Å²) < 4.78 is 0. The number of carbonyl (C=O) groups is 1. The lowest BCUT2D eigenvalue weighted by Gasteiger charge is -2.18. The Morgan fingerprint density at radius 3 is 2.44 bits per heavy atom. The van der Waals surface area contributed by atoms with Gasteiger partial charge in [0.25, 0.3) is 5.56 Å². The summed E-state index contributed by atoms with van der Waals surface area (Å²) in [5, 5.41) is 18.0. The third kappa shape index (κ3) is 2.28. The van der Waals surface area contributed by atoms with E-state index in [1.807, 2.05) is 9.97 Å². The van der Waals surface area contributed by atoms with Gasteiger partial charge in [0.05, 0.1) is 5.56 Å². The van der Waals surface area contributed by atoms with Crippen LogP contribution in [-0.2, 0) is 11.2 Å². The number of hydrogen-bond donors (Lipinski definition) is 5. The highest BCUT2D eigenvalue weighted by atomic mass is 16.4. The molecule has 1 aromatic heterocycles. The lowest BCUT2D eigenvalue weighted by atomic mass is 9.95. The van der Waals surface area contributed by atoms with Crippen LogP contribution in [-0.4, -0.2) is 31.7 Å². The van der Waals surface area contributed by atoms with Crippen LogP contribution in [0, 0.1) is 0 Å². The van der Waals surface area contributed by atoms with E-state index >= 15 is 0 Å². The predicted octanol–water partition coefficient (Wildman–Crippen LogP) is -1.89. The maximum atomic E-state index is 11.3. The number of carboxylic acid groups (broad SMARTS) is 1. The molecule has 0 aliphatic heterocycles. The standard InChI is InChI=1S/C8H11N3O5/c1-8(9,6(14)15)2-3-4(12)10-7(16)11-5(3)13/h2,9H2,1H3,(H,14,15)(H3,10,11,12,13,16). The number of carboxylic acids is 1. The normalized spacial score (nSPS) is 14.4. The number of aromatic amines is 2. The summed E-state index contributed by atoms with van der Waals surface area (Å²) in [6.07, 6.45) is -0.403. The maximum Gasteiger partial charge on any atom is 0.328 e. The molecule has 1 unspecified atom stereocenters. The van der Waals surface area contributed by atoms with Gasteiger partial charge in [-0.2, -0.15) is 0 Å². The van der Waals surface area contributed by atoms with Gasteiger partial charge >= 0.3 is 11.7 Å². The van der Waals surface area contributed by atoms with Gasteiger partial charge in [-0.3, -0.25) is 19.6 Å². The quantitative estimate of drug-likeness (QED) is 0.409. The van der Waals surface area contributed by atoms with E-state index in [9.17, 15) is 19.5 Å². The lowest BCUT2D eigenvalue weighted by Crippen LogP contribution is -2.48. The number of nitrogens with one attached hydrogen (secondary N) is 2. The van der Waals surface area contributed by atoms with Gasteiger partial charge in [0.2, 0.25) is 5.88 Å². The Hall–Kier alpha value is -2.09. The largest absolute Gasteiger partial charge is 0.494 e. The lowest BCUT2D eigenvalue weighted by molar-refractivity contribution is -0.142. The van der Waals surface area contributed by atoms with E-state index in [1.165, 1.54) is 6.92 Å². The fraction of sp³-hybridized carbons (Fsp3) is 0.375. The van der Waals surface area contributed by atoms with Gasteiger partial charge in [0, 0.05) is 6.42 Å². The van der Waals surface area contributed by atoms with E-state index in [0.29, 0.717) is 0 Å². The zero-order valence-corrected chi connectivity index (χ0v) is 8.40. The summed E-state index contributed by atoms with van der Waals surface area (Å²) in [6.45, 7) is 1.19. The van der Waals surface area contributed by atoms with Crippen molar-refractivity contribution in [3.05, 3.63) is 26.4 Å². The minimum absolute atomic E-state index is 0.271. The van der Waals surface area contributed by atoms with Gasteiger partial charge in [-0.1, -0.05) is 0 Å². The van der Waals surface area contributed by atoms with E-state index in [2.05, 4.69) is 0 Å². The van der Waals surface area contributed by atoms with Crippen molar-refractivity contribution in [2.75, 3.05) is 0 Å². The Labute approximate surface area is 88.7 Å². The number of nitrogens with two attached hydrogens (primary N) is 1. The number of H-pyrrole nitrogens is 2. The van der Waals surface area contributed by atoms with Crippen molar-refractivity contribution in [2.24, 2.45) is 5.73 Å². The zero-order chi connectivity index (χ0) is 12.5. The van der Waals surface area contributed by atoms with E-state index in [-0.39, 0.29) is 5.56 Å². The van der Waals surface area contributed by atoms with Crippen molar-refractivity contribution in [1.29, 1.82) is 0 Å². The molecule has 0 aromatic carbocycles. The highest BCUT2D eigenvalue weighted by Gasteiger charge is 2.30. The van der Waals surface area contributed by atoms with Crippen LogP contribution in [0.1, 0.15) is 12.5 Å². The molecule has 88 valence electrons. The summed E-state index contributed by atoms with van der Waals surface area (Å²) in [7, 11) is 0. The van der Waals surface area contributed by atoms with Crippen molar-refractivity contribution in [1.82, 2.24) is 9.97 Å². The topological polar surface area (TPSA) is 149 Å². The Morgan fingerprint density at radius 2 is 2.00 bits per heavy atom. The number of aromatic hydroxyl groups is 1. The summed E-state index contributed by atoms with van der Waals surface area (Å²) in [4.78, 5) is 36.5. The maximum absolute atomic E-state index is 11.3. The molecular formula is C8H11N3O5. The van der Waals surface area contributed by atoms with E-state index in [4.69, 9.17) is 10.8 Å².